The summed E-state index contributed by atoms with van der Waals surface area (Å²) in [6, 6.07) is 8.07. The van der Waals surface area contributed by atoms with Crippen LogP contribution in [0.25, 0.3) is 5.65 Å². The number of hydrogen-bond acceptors (Lipinski definition) is 5. The monoisotopic (exact) mass is 429 g/mol. The number of halogens is 2. The van der Waals surface area contributed by atoms with E-state index in [4.69, 9.17) is 11.6 Å². The first-order valence-corrected chi connectivity index (χ1v) is 9.39. The van der Waals surface area contributed by atoms with Gasteiger partial charge in [-0.3, -0.25) is 0 Å². The third-order valence-corrected chi connectivity index (χ3v) is 5.89. The molecule has 2 aromatic heterocycles. The lowest BCUT2D eigenvalue weighted by Gasteiger charge is -2.12. The van der Waals surface area contributed by atoms with Gasteiger partial charge >= 0.3 is 0 Å². The zero-order chi connectivity index (χ0) is 17.5. The molecular weight excluding hydrogens is 418 g/mol. The lowest BCUT2D eigenvalue weighted by molar-refractivity contribution is 0.521. The quantitative estimate of drug-likeness (QED) is 0.643. The molecule has 0 saturated carbocycles. The molecule has 7 nitrogen and oxygen atoms in total. The molecule has 24 heavy (non-hydrogen) atoms. The first-order valence-electron chi connectivity index (χ1n) is 6.78. The molecule has 0 saturated heterocycles. The Morgan fingerprint density at radius 3 is 2.54 bits per heavy atom. The molecule has 3 aromatic rings. The van der Waals surface area contributed by atoms with Crippen LogP contribution in [-0.2, 0) is 10.0 Å². The van der Waals surface area contributed by atoms with Gasteiger partial charge in [0, 0.05) is 25.8 Å². The Morgan fingerprint density at radius 1 is 1.25 bits per heavy atom. The number of hydrogen-bond donors (Lipinski definition) is 1. The molecule has 10 heteroatoms. The summed E-state index contributed by atoms with van der Waals surface area (Å²) in [6.07, 6.45) is 1.62. The molecule has 2 heterocycles. The molecule has 3 rings (SSSR count). The largest absolute Gasteiger partial charge is 0.340 e. The second-order valence-corrected chi connectivity index (χ2v) is 8.52. The molecule has 0 radical (unpaired) electrons. The summed E-state index contributed by atoms with van der Waals surface area (Å²) in [7, 11) is -0.468. The maximum atomic E-state index is 12.1. The van der Waals surface area contributed by atoms with Crippen LogP contribution in [0.15, 0.2) is 45.9 Å². The topological polar surface area (TPSA) is 79.6 Å². The van der Waals surface area contributed by atoms with Crippen LogP contribution < -0.4 is 5.32 Å². The van der Waals surface area contributed by atoms with Gasteiger partial charge in [-0.15, -0.1) is 0 Å². The lowest BCUT2D eigenvalue weighted by atomic mass is 10.3. The molecule has 0 fully saturated rings. The maximum absolute atomic E-state index is 12.1. The highest BCUT2D eigenvalue weighted by atomic mass is 79.9. The summed E-state index contributed by atoms with van der Waals surface area (Å²) in [4.78, 5) is 4.42. The van der Waals surface area contributed by atoms with Crippen LogP contribution in [0.1, 0.15) is 0 Å². The zero-order valence-electron chi connectivity index (χ0n) is 12.7. The Kier molecular flexibility index (Phi) is 4.52. The van der Waals surface area contributed by atoms with Gasteiger partial charge in [0.05, 0.1) is 15.6 Å². The van der Waals surface area contributed by atoms with Crippen molar-refractivity contribution in [3.63, 3.8) is 0 Å². The smallest absolute Gasteiger partial charge is 0.242 e. The highest BCUT2D eigenvalue weighted by molar-refractivity contribution is 9.10. The highest BCUT2D eigenvalue weighted by Crippen LogP contribution is 2.25. The molecule has 0 aliphatic heterocycles. The van der Waals surface area contributed by atoms with E-state index in [1.54, 1.807) is 28.9 Å². The minimum atomic E-state index is -3.45. The predicted octanol–water partition coefficient (Wildman–Crippen LogP) is 3.14. The van der Waals surface area contributed by atoms with Crippen molar-refractivity contribution < 1.29 is 8.42 Å². The Bertz CT molecular complexity index is 1000. The molecule has 0 atom stereocenters. The summed E-state index contributed by atoms with van der Waals surface area (Å²) < 4.78 is 27.7. The molecule has 0 aliphatic rings. The van der Waals surface area contributed by atoms with E-state index < -0.39 is 10.0 Å². The molecule has 0 bridgehead atoms. The Labute approximate surface area is 152 Å². The Hall–Kier alpha value is -1.68. The second-order valence-electron chi connectivity index (χ2n) is 5.13. The fourth-order valence-corrected chi connectivity index (χ4v) is 3.50. The molecule has 0 amide bonds. The van der Waals surface area contributed by atoms with Gasteiger partial charge in [0.1, 0.15) is 11.0 Å². The van der Waals surface area contributed by atoms with Gasteiger partial charge in [0.15, 0.2) is 5.65 Å². The molecule has 0 unspecified atom stereocenters. The summed E-state index contributed by atoms with van der Waals surface area (Å²) in [5, 5.41) is 7.69. The number of benzene rings is 1. The fourth-order valence-electron chi connectivity index (χ4n) is 2.06. The van der Waals surface area contributed by atoms with Gasteiger partial charge in [-0.05, 0) is 40.2 Å². The first-order chi connectivity index (χ1) is 11.3. The number of rotatable bonds is 4. The van der Waals surface area contributed by atoms with Crippen molar-refractivity contribution in [2.45, 2.75) is 4.90 Å². The SMILES string of the molecule is CN(C)S(=O)(=O)c1ccc(Nc2cc(Cl)nc3c(Br)cnn23)cc1. The van der Waals surface area contributed by atoms with E-state index in [-0.39, 0.29) is 4.90 Å². The van der Waals surface area contributed by atoms with Gasteiger partial charge < -0.3 is 5.32 Å². The number of anilines is 2. The van der Waals surface area contributed by atoms with E-state index in [2.05, 4.69) is 31.3 Å². The van der Waals surface area contributed by atoms with Crippen LogP contribution >= 0.6 is 27.5 Å². The summed E-state index contributed by atoms with van der Waals surface area (Å²) in [6.45, 7) is 0. The molecular formula is C14H13BrClN5O2S. The number of sulfonamides is 1. The number of nitrogens with one attached hydrogen (secondary N) is 1. The van der Waals surface area contributed by atoms with Gasteiger partial charge in [0.2, 0.25) is 10.0 Å². The summed E-state index contributed by atoms with van der Waals surface area (Å²) in [5.74, 6) is 0.610. The van der Waals surface area contributed by atoms with Crippen LogP contribution in [0.2, 0.25) is 5.15 Å². The third kappa shape index (κ3) is 3.12. The van der Waals surface area contributed by atoms with Crippen molar-refractivity contribution in [3.8, 4) is 0 Å². The number of nitrogens with zero attached hydrogens (tertiary/aromatic N) is 4. The zero-order valence-corrected chi connectivity index (χ0v) is 15.9. The van der Waals surface area contributed by atoms with E-state index in [0.717, 1.165) is 4.47 Å². The fraction of sp³-hybridized carbons (Fsp3) is 0.143. The molecule has 0 spiro atoms. The number of fused-ring (bicyclic) bond motifs is 1. The van der Waals surface area contributed by atoms with Gasteiger partial charge in [-0.2, -0.15) is 9.61 Å². The van der Waals surface area contributed by atoms with Crippen molar-refractivity contribution in [3.05, 3.63) is 46.2 Å². The van der Waals surface area contributed by atoms with Gasteiger partial charge in [-0.1, -0.05) is 11.6 Å². The molecule has 126 valence electrons. The number of aromatic nitrogens is 3. The minimum absolute atomic E-state index is 0.220. The minimum Gasteiger partial charge on any atom is -0.340 e. The maximum Gasteiger partial charge on any atom is 0.242 e. The Morgan fingerprint density at radius 2 is 1.92 bits per heavy atom. The van der Waals surface area contributed by atoms with E-state index in [1.807, 2.05) is 0 Å². The van der Waals surface area contributed by atoms with Crippen molar-refractivity contribution in [1.82, 2.24) is 18.9 Å². The van der Waals surface area contributed by atoms with E-state index >= 15 is 0 Å². The highest BCUT2D eigenvalue weighted by Gasteiger charge is 2.17. The average Bonchev–Trinajstić information content (AvgIpc) is 2.89. The van der Waals surface area contributed by atoms with E-state index in [1.165, 1.54) is 30.5 Å². The summed E-state index contributed by atoms with van der Waals surface area (Å²) in [5.41, 5.74) is 1.28. The van der Waals surface area contributed by atoms with E-state index in [9.17, 15) is 8.42 Å². The average molecular weight is 431 g/mol. The first kappa shape index (κ1) is 17.2. The standard InChI is InChI=1S/C14H13BrClN5O2S/c1-20(2)24(22,23)10-5-3-9(4-6-10)18-13-7-12(16)19-14-11(15)8-17-21(13)14/h3-8,18H,1-2H3. The van der Waals surface area contributed by atoms with Gasteiger partial charge in [0.25, 0.3) is 0 Å². The van der Waals surface area contributed by atoms with E-state index in [0.29, 0.717) is 22.3 Å². The Balaban J connectivity index is 1.95. The summed E-state index contributed by atoms with van der Waals surface area (Å²) >= 11 is 9.40. The molecule has 1 N–H and O–H groups in total. The lowest BCUT2D eigenvalue weighted by Crippen LogP contribution is -2.22. The molecule has 1 aromatic carbocycles. The normalized spacial score (nSPS) is 12.0. The van der Waals surface area contributed by atoms with Crippen molar-refractivity contribution in [2.24, 2.45) is 0 Å². The van der Waals surface area contributed by atoms with Crippen LogP contribution in [-0.4, -0.2) is 41.4 Å². The predicted molar refractivity (Wildman–Crippen MR) is 96.3 cm³/mol. The van der Waals surface area contributed by atoms with Crippen molar-refractivity contribution in [1.29, 1.82) is 0 Å². The van der Waals surface area contributed by atoms with Crippen LogP contribution in [0.3, 0.4) is 0 Å². The van der Waals surface area contributed by atoms with Crippen molar-refractivity contribution >= 4 is 54.7 Å². The van der Waals surface area contributed by atoms with Crippen molar-refractivity contribution in [2.75, 3.05) is 19.4 Å². The van der Waals surface area contributed by atoms with Crippen LogP contribution in [0.4, 0.5) is 11.5 Å². The van der Waals surface area contributed by atoms with Crippen LogP contribution in [0.5, 0.6) is 0 Å². The van der Waals surface area contributed by atoms with Crippen LogP contribution in [0, 0.1) is 0 Å². The molecule has 0 aliphatic carbocycles. The second kappa shape index (κ2) is 6.32. The third-order valence-electron chi connectivity index (χ3n) is 3.30. The van der Waals surface area contributed by atoms with Gasteiger partial charge in [-0.25, -0.2) is 17.7 Å².